The van der Waals surface area contributed by atoms with Crippen molar-refractivity contribution in [2.24, 2.45) is 11.7 Å². The van der Waals surface area contributed by atoms with Crippen LogP contribution in [-0.4, -0.2) is 35.2 Å². The predicted molar refractivity (Wildman–Crippen MR) is 54.8 cm³/mol. The fraction of sp³-hybridized carbons (Fsp3) is 0.875. The van der Waals surface area contributed by atoms with Gasteiger partial charge in [-0.25, -0.2) is 0 Å². The summed E-state index contributed by atoms with van der Waals surface area (Å²) in [6.45, 7) is 2.74. The molecule has 0 saturated heterocycles. The zero-order valence-electron chi connectivity index (χ0n) is 8.21. The molecule has 2 atom stereocenters. The van der Waals surface area contributed by atoms with Crippen molar-refractivity contribution in [3.63, 3.8) is 0 Å². The molecule has 4 nitrogen and oxygen atoms in total. The van der Waals surface area contributed by atoms with Crippen LogP contribution in [0.5, 0.6) is 0 Å². The van der Waals surface area contributed by atoms with E-state index in [1.54, 1.807) is 13.2 Å². The number of carbonyl (C=O) groups is 1. The van der Waals surface area contributed by atoms with Crippen LogP contribution in [-0.2, 0) is 15.6 Å². The molecule has 0 aliphatic heterocycles. The van der Waals surface area contributed by atoms with Crippen LogP contribution in [0.3, 0.4) is 0 Å². The Balaban J connectivity index is 3.42. The third kappa shape index (κ3) is 6.72. The lowest BCUT2D eigenvalue weighted by atomic mass is 10.2. The van der Waals surface area contributed by atoms with Crippen molar-refractivity contribution in [3.8, 4) is 0 Å². The highest BCUT2D eigenvalue weighted by atomic mass is 32.2. The standard InChI is InChI=1S/C8H18N2O2S/c1-7(6-9)8(11)10-4-3-5-13(2)12/h7H,3-6,9H2,1-2H3,(H,10,11). The molecule has 1 amide bonds. The van der Waals surface area contributed by atoms with Crippen molar-refractivity contribution in [2.45, 2.75) is 13.3 Å². The molecule has 0 rings (SSSR count). The van der Waals surface area contributed by atoms with Crippen molar-refractivity contribution in [2.75, 3.05) is 25.1 Å². The summed E-state index contributed by atoms with van der Waals surface area (Å²) < 4.78 is 10.7. The Hall–Kier alpha value is -0.420. The van der Waals surface area contributed by atoms with Gasteiger partial charge in [0.15, 0.2) is 0 Å². The summed E-state index contributed by atoms with van der Waals surface area (Å²) in [6, 6.07) is 0. The van der Waals surface area contributed by atoms with Gasteiger partial charge in [0.25, 0.3) is 0 Å². The van der Waals surface area contributed by atoms with Crippen molar-refractivity contribution in [3.05, 3.63) is 0 Å². The van der Waals surface area contributed by atoms with Gasteiger partial charge in [0.05, 0.1) is 0 Å². The summed E-state index contributed by atoms with van der Waals surface area (Å²) in [7, 11) is -0.769. The van der Waals surface area contributed by atoms with Crippen LogP contribution in [0.4, 0.5) is 0 Å². The minimum Gasteiger partial charge on any atom is -0.356 e. The summed E-state index contributed by atoms with van der Waals surface area (Å²) in [5, 5.41) is 2.74. The first-order valence-corrected chi connectivity index (χ1v) is 6.08. The van der Waals surface area contributed by atoms with Crippen molar-refractivity contribution >= 4 is 16.7 Å². The van der Waals surface area contributed by atoms with Crippen molar-refractivity contribution in [1.29, 1.82) is 0 Å². The van der Waals surface area contributed by atoms with Gasteiger partial charge < -0.3 is 11.1 Å². The SMILES string of the molecule is CC(CN)C(=O)NCCCS(C)=O. The second-order valence-corrected chi connectivity index (χ2v) is 4.61. The van der Waals surface area contributed by atoms with E-state index < -0.39 is 10.8 Å². The Morgan fingerprint density at radius 3 is 2.69 bits per heavy atom. The van der Waals surface area contributed by atoms with E-state index in [2.05, 4.69) is 5.32 Å². The topological polar surface area (TPSA) is 72.2 Å². The quantitative estimate of drug-likeness (QED) is 0.574. The smallest absolute Gasteiger partial charge is 0.224 e. The summed E-state index contributed by atoms with van der Waals surface area (Å²) in [5.74, 6) is 0.480. The summed E-state index contributed by atoms with van der Waals surface area (Å²) in [6.07, 6.45) is 2.41. The maximum Gasteiger partial charge on any atom is 0.224 e. The van der Waals surface area contributed by atoms with Gasteiger partial charge in [0, 0.05) is 41.8 Å². The van der Waals surface area contributed by atoms with Crippen LogP contribution in [0.2, 0.25) is 0 Å². The molecular formula is C8H18N2O2S. The maximum atomic E-state index is 11.2. The van der Waals surface area contributed by atoms with Crippen LogP contribution < -0.4 is 11.1 Å². The molecule has 13 heavy (non-hydrogen) atoms. The molecule has 0 aromatic heterocycles. The van der Waals surface area contributed by atoms with Crippen LogP contribution in [0.1, 0.15) is 13.3 Å². The Labute approximate surface area is 81.7 Å². The lowest BCUT2D eigenvalue weighted by Crippen LogP contribution is -2.34. The van der Waals surface area contributed by atoms with E-state index in [1.807, 2.05) is 0 Å². The summed E-state index contributed by atoms with van der Waals surface area (Å²) >= 11 is 0. The van der Waals surface area contributed by atoms with Gasteiger partial charge in [-0.05, 0) is 6.42 Å². The maximum absolute atomic E-state index is 11.2. The normalized spacial score (nSPS) is 15.0. The predicted octanol–water partition coefficient (Wildman–Crippen LogP) is -0.534. The second kappa shape index (κ2) is 7.03. The number of nitrogens with one attached hydrogen (secondary N) is 1. The highest BCUT2D eigenvalue weighted by Gasteiger charge is 2.08. The number of nitrogens with two attached hydrogens (primary N) is 1. The van der Waals surface area contributed by atoms with E-state index in [1.165, 1.54) is 0 Å². The number of hydrogen-bond acceptors (Lipinski definition) is 3. The van der Waals surface area contributed by atoms with E-state index in [9.17, 15) is 9.00 Å². The molecule has 0 spiro atoms. The molecule has 2 unspecified atom stereocenters. The molecule has 5 heteroatoms. The van der Waals surface area contributed by atoms with E-state index in [0.29, 0.717) is 18.8 Å². The molecule has 78 valence electrons. The fourth-order valence-electron chi connectivity index (χ4n) is 0.768. The van der Waals surface area contributed by atoms with Gasteiger partial charge in [-0.15, -0.1) is 0 Å². The first kappa shape index (κ1) is 12.6. The molecule has 0 radical (unpaired) electrons. The largest absolute Gasteiger partial charge is 0.356 e. The van der Waals surface area contributed by atoms with Crippen molar-refractivity contribution in [1.82, 2.24) is 5.32 Å². The summed E-state index contributed by atoms with van der Waals surface area (Å²) in [5.41, 5.74) is 5.32. The average Bonchev–Trinajstić information content (AvgIpc) is 2.10. The Morgan fingerprint density at radius 2 is 2.23 bits per heavy atom. The number of hydrogen-bond donors (Lipinski definition) is 2. The first-order chi connectivity index (χ1) is 6.07. The molecule has 0 saturated carbocycles. The first-order valence-electron chi connectivity index (χ1n) is 4.35. The third-order valence-corrected chi connectivity index (χ3v) is 2.57. The average molecular weight is 206 g/mol. The molecule has 0 aromatic rings. The molecule has 0 heterocycles. The highest BCUT2D eigenvalue weighted by Crippen LogP contribution is 1.90. The van der Waals surface area contributed by atoms with Gasteiger partial charge in [0.2, 0.25) is 5.91 Å². The Morgan fingerprint density at radius 1 is 1.62 bits per heavy atom. The zero-order chi connectivity index (χ0) is 10.3. The highest BCUT2D eigenvalue weighted by molar-refractivity contribution is 7.84. The minimum absolute atomic E-state index is 0.0237. The van der Waals surface area contributed by atoms with Gasteiger partial charge in [0.1, 0.15) is 0 Å². The lowest BCUT2D eigenvalue weighted by molar-refractivity contribution is -0.124. The monoisotopic (exact) mass is 206 g/mol. The van der Waals surface area contributed by atoms with Crippen LogP contribution in [0.15, 0.2) is 0 Å². The number of rotatable bonds is 6. The molecule has 0 fully saturated rings. The molecule has 0 bridgehead atoms. The van der Waals surface area contributed by atoms with Crippen LogP contribution in [0.25, 0.3) is 0 Å². The molecule has 0 aliphatic carbocycles. The van der Waals surface area contributed by atoms with E-state index >= 15 is 0 Å². The Bertz CT molecular complexity index is 185. The Kier molecular flexibility index (Phi) is 6.80. The van der Waals surface area contributed by atoms with Crippen LogP contribution in [0, 0.1) is 5.92 Å². The third-order valence-electron chi connectivity index (χ3n) is 1.71. The number of amides is 1. The second-order valence-electron chi connectivity index (χ2n) is 3.06. The molecular weight excluding hydrogens is 188 g/mol. The van der Waals surface area contributed by atoms with E-state index in [-0.39, 0.29) is 11.8 Å². The van der Waals surface area contributed by atoms with Gasteiger partial charge in [-0.2, -0.15) is 0 Å². The number of carbonyl (C=O) groups excluding carboxylic acids is 1. The van der Waals surface area contributed by atoms with E-state index in [4.69, 9.17) is 5.73 Å². The van der Waals surface area contributed by atoms with E-state index in [0.717, 1.165) is 6.42 Å². The summed E-state index contributed by atoms with van der Waals surface area (Å²) in [4.78, 5) is 11.2. The lowest BCUT2D eigenvalue weighted by Gasteiger charge is -2.08. The van der Waals surface area contributed by atoms with Crippen LogP contribution >= 0.6 is 0 Å². The molecule has 0 aliphatic rings. The molecule has 0 aromatic carbocycles. The van der Waals surface area contributed by atoms with Gasteiger partial charge in [-0.3, -0.25) is 9.00 Å². The van der Waals surface area contributed by atoms with Gasteiger partial charge in [-0.1, -0.05) is 6.92 Å². The van der Waals surface area contributed by atoms with Gasteiger partial charge >= 0.3 is 0 Å². The minimum atomic E-state index is -0.769. The van der Waals surface area contributed by atoms with Crippen molar-refractivity contribution < 1.29 is 9.00 Å². The fourth-order valence-corrected chi connectivity index (χ4v) is 1.32. The zero-order valence-corrected chi connectivity index (χ0v) is 9.02. The molecule has 3 N–H and O–H groups in total.